The number of piperazine rings is 1. The number of hydrogen-bond donors (Lipinski definition) is 2. The van der Waals surface area contributed by atoms with Crippen LogP contribution in [0.15, 0.2) is 79.1 Å². The molecule has 0 radical (unpaired) electrons. The van der Waals surface area contributed by atoms with Crippen molar-refractivity contribution in [1.82, 2.24) is 9.88 Å². The summed E-state index contributed by atoms with van der Waals surface area (Å²) in [5.41, 5.74) is 1.97. The highest BCUT2D eigenvalue weighted by atomic mass is 19.4. The number of anilines is 3. The van der Waals surface area contributed by atoms with Crippen LogP contribution in [0.25, 0.3) is 21.9 Å². The van der Waals surface area contributed by atoms with Crippen molar-refractivity contribution >= 4 is 33.9 Å². The van der Waals surface area contributed by atoms with Gasteiger partial charge in [0.15, 0.2) is 0 Å². The average molecular weight is 506 g/mol. The van der Waals surface area contributed by atoms with Gasteiger partial charge in [0, 0.05) is 61.0 Å². The van der Waals surface area contributed by atoms with Gasteiger partial charge in [0.2, 0.25) is 0 Å². The van der Waals surface area contributed by atoms with Crippen LogP contribution in [0.4, 0.5) is 35.0 Å². The topological polar surface area (TPSA) is 60.5 Å². The number of amides is 2. The first-order valence-electron chi connectivity index (χ1n) is 11.9. The van der Waals surface area contributed by atoms with Crippen LogP contribution in [0.5, 0.6) is 0 Å². The first kappa shape index (κ1) is 24.6. The molecule has 0 spiro atoms. The lowest BCUT2D eigenvalue weighted by atomic mass is 9.99. The van der Waals surface area contributed by atoms with Crippen LogP contribution in [0.2, 0.25) is 0 Å². The number of fused-ring (bicyclic) bond motifs is 1. The second-order valence-corrected chi connectivity index (χ2v) is 9.08. The molecule has 0 saturated carbocycles. The number of alkyl halides is 3. The number of carbonyl (C=O) groups is 1. The Kier molecular flexibility index (Phi) is 6.71. The van der Waals surface area contributed by atoms with Crippen LogP contribution in [-0.2, 0) is 6.18 Å². The lowest BCUT2D eigenvalue weighted by Gasteiger charge is -2.35. The zero-order chi connectivity index (χ0) is 26.0. The van der Waals surface area contributed by atoms with Crippen molar-refractivity contribution in [2.45, 2.75) is 6.18 Å². The van der Waals surface area contributed by atoms with Crippen LogP contribution >= 0.6 is 0 Å². The van der Waals surface area contributed by atoms with Crippen molar-refractivity contribution in [1.29, 1.82) is 0 Å². The number of nitrogens with one attached hydrogen (secondary N) is 2. The Labute approximate surface area is 212 Å². The highest BCUT2D eigenvalue weighted by Crippen LogP contribution is 2.38. The third-order valence-corrected chi connectivity index (χ3v) is 6.54. The SMILES string of the molecule is CN1CCN(c2ccc(NC(=O)Nc3ccc(-c4cccc5cnccc45)cc3)cc2C(F)(F)F)CC1. The van der Waals surface area contributed by atoms with Crippen molar-refractivity contribution in [3.8, 4) is 11.1 Å². The first-order valence-corrected chi connectivity index (χ1v) is 11.9. The van der Waals surface area contributed by atoms with Crippen LogP contribution in [0, 0.1) is 0 Å². The summed E-state index contributed by atoms with van der Waals surface area (Å²) in [4.78, 5) is 20.5. The molecule has 4 aromatic rings. The molecule has 1 aliphatic heterocycles. The van der Waals surface area contributed by atoms with Gasteiger partial charge in [0.25, 0.3) is 0 Å². The monoisotopic (exact) mass is 505 g/mol. The number of benzene rings is 3. The van der Waals surface area contributed by atoms with Gasteiger partial charge in [-0.05, 0) is 60.0 Å². The van der Waals surface area contributed by atoms with Gasteiger partial charge in [0.05, 0.1) is 5.56 Å². The number of urea groups is 1. The van der Waals surface area contributed by atoms with Gasteiger partial charge in [-0.25, -0.2) is 4.79 Å². The van der Waals surface area contributed by atoms with E-state index in [9.17, 15) is 18.0 Å². The molecule has 9 heteroatoms. The summed E-state index contributed by atoms with van der Waals surface area (Å²) in [5.74, 6) is 0. The summed E-state index contributed by atoms with van der Waals surface area (Å²) in [6.45, 7) is 2.41. The molecule has 1 fully saturated rings. The minimum absolute atomic E-state index is 0.0729. The van der Waals surface area contributed by atoms with Gasteiger partial charge in [-0.1, -0.05) is 30.3 Å². The van der Waals surface area contributed by atoms with E-state index in [2.05, 4.69) is 20.5 Å². The van der Waals surface area contributed by atoms with E-state index in [4.69, 9.17) is 0 Å². The van der Waals surface area contributed by atoms with Crippen molar-refractivity contribution in [2.24, 2.45) is 0 Å². The number of pyridine rings is 1. The molecule has 2 N–H and O–H groups in total. The molecule has 1 aliphatic rings. The Hall–Kier alpha value is -4.11. The van der Waals surface area contributed by atoms with E-state index in [1.54, 1.807) is 29.4 Å². The normalized spacial score (nSPS) is 14.5. The van der Waals surface area contributed by atoms with E-state index in [-0.39, 0.29) is 11.4 Å². The Morgan fingerprint density at radius 3 is 2.32 bits per heavy atom. The maximum atomic E-state index is 13.9. The maximum absolute atomic E-state index is 13.9. The maximum Gasteiger partial charge on any atom is 0.418 e. The standard InChI is InChI=1S/C28H26F3N5O/c1-35-13-15-36(16-14-35)26-10-9-22(17-25(26)28(29,30)31)34-27(37)33-21-7-5-19(6-8-21)23-4-2-3-20-18-32-12-11-24(20)23/h2-12,17-18H,13-16H2,1H3,(H2,33,34,37). The van der Waals surface area contributed by atoms with Gasteiger partial charge < -0.3 is 20.4 Å². The molecule has 2 amide bonds. The van der Waals surface area contributed by atoms with Gasteiger partial charge >= 0.3 is 12.2 Å². The van der Waals surface area contributed by atoms with E-state index >= 15 is 0 Å². The number of likely N-dealkylation sites (N-methyl/N-ethyl adjacent to an activating group) is 1. The molecule has 6 nitrogen and oxygen atoms in total. The molecule has 5 rings (SSSR count). The summed E-state index contributed by atoms with van der Waals surface area (Å²) >= 11 is 0. The lowest BCUT2D eigenvalue weighted by molar-refractivity contribution is -0.137. The average Bonchev–Trinajstić information content (AvgIpc) is 2.89. The quantitative estimate of drug-likeness (QED) is 0.341. The van der Waals surface area contributed by atoms with Gasteiger partial charge in [-0.2, -0.15) is 13.2 Å². The number of aromatic nitrogens is 1. The molecular weight excluding hydrogens is 479 g/mol. The van der Waals surface area contributed by atoms with Crippen molar-refractivity contribution in [3.05, 3.63) is 84.7 Å². The minimum Gasteiger partial charge on any atom is -0.368 e. The molecule has 0 aliphatic carbocycles. The minimum atomic E-state index is -4.54. The fourth-order valence-electron chi connectivity index (χ4n) is 4.56. The molecule has 190 valence electrons. The Bertz CT molecular complexity index is 1410. The summed E-state index contributed by atoms with van der Waals surface area (Å²) in [6.07, 6.45) is -0.991. The fourth-order valence-corrected chi connectivity index (χ4v) is 4.56. The van der Waals surface area contributed by atoms with E-state index in [1.807, 2.05) is 43.4 Å². The number of hydrogen-bond acceptors (Lipinski definition) is 4. The third-order valence-electron chi connectivity index (χ3n) is 6.54. The number of rotatable bonds is 4. The molecular formula is C28H26F3N5O. The number of carbonyl (C=O) groups excluding carboxylic acids is 1. The van der Waals surface area contributed by atoms with Crippen LogP contribution in [0.3, 0.4) is 0 Å². The first-order chi connectivity index (χ1) is 17.8. The van der Waals surface area contributed by atoms with Gasteiger partial charge in [0.1, 0.15) is 0 Å². The lowest BCUT2D eigenvalue weighted by Crippen LogP contribution is -2.45. The summed E-state index contributed by atoms with van der Waals surface area (Å²) in [5, 5.41) is 7.31. The molecule has 3 aromatic carbocycles. The van der Waals surface area contributed by atoms with Crippen molar-refractivity contribution in [2.75, 3.05) is 48.8 Å². The van der Waals surface area contributed by atoms with Crippen LogP contribution < -0.4 is 15.5 Å². The van der Waals surface area contributed by atoms with E-state index in [0.29, 0.717) is 31.9 Å². The second-order valence-electron chi connectivity index (χ2n) is 9.08. The molecule has 1 saturated heterocycles. The Morgan fingerprint density at radius 2 is 1.59 bits per heavy atom. The molecule has 1 aromatic heterocycles. The smallest absolute Gasteiger partial charge is 0.368 e. The van der Waals surface area contributed by atoms with Gasteiger partial charge in [-0.3, -0.25) is 4.98 Å². The van der Waals surface area contributed by atoms with Crippen LogP contribution in [0.1, 0.15) is 5.56 Å². The summed E-state index contributed by atoms with van der Waals surface area (Å²) in [6, 6.07) is 18.5. The zero-order valence-corrected chi connectivity index (χ0v) is 20.2. The van der Waals surface area contributed by atoms with E-state index in [0.717, 1.165) is 28.0 Å². The molecule has 0 unspecified atom stereocenters. The predicted octanol–water partition coefficient (Wildman–Crippen LogP) is 6.32. The van der Waals surface area contributed by atoms with Gasteiger partial charge in [-0.15, -0.1) is 0 Å². The van der Waals surface area contributed by atoms with E-state index in [1.165, 1.54) is 12.1 Å². The third kappa shape index (κ3) is 5.51. The van der Waals surface area contributed by atoms with Crippen molar-refractivity contribution < 1.29 is 18.0 Å². The summed E-state index contributed by atoms with van der Waals surface area (Å²) < 4.78 is 41.6. The Balaban J connectivity index is 1.29. The highest BCUT2D eigenvalue weighted by molar-refractivity contribution is 6.00. The Morgan fingerprint density at radius 1 is 0.892 bits per heavy atom. The number of halogens is 3. The molecule has 0 atom stereocenters. The number of nitrogens with zero attached hydrogens (tertiary/aromatic N) is 3. The summed E-state index contributed by atoms with van der Waals surface area (Å²) in [7, 11) is 1.95. The predicted molar refractivity (Wildman–Crippen MR) is 141 cm³/mol. The zero-order valence-electron chi connectivity index (χ0n) is 20.2. The largest absolute Gasteiger partial charge is 0.418 e. The second kappa shape index (κ2) is 10.1. The van der Waals surface area contributed by atoms with E-state index < -0.39 is 17.8 Å². The van der Waals surface area contributed by atoms with Crippen molar-refractivity contribution in [3.63, 3.8) is 0 Å². The molecule has 37 heavy (non-hydrogen) atoms. The molecule has 0 bridgehead atoms. The molecule has 2 heterocycles. The van der Waals surface area contributed by atoms with Crippen LogP contribution in [-0.4, -0.2) is 49.1 Å². The fraction of sp³-hybridized carbons (Fsp3) is 0.214. The highest BCUT2D eigenvalue weighted by Gasteiger charge is 2.36.